The summed E-state index contributed by atoms with van der Waals surface area (Å²) in [6, 6.07) is 19.0. The molecule has 19 heavy (non-hydrogen) atoms. The van der Waals surface area contributed by atoms with Crippen LogP contribution in [0, 0.1) is 0 Å². The predicted molar refractivity (Wildman–Crippen MR) is 74.5 cm³/mol. The smallest absolute Gasteiger partial charge is 0.122 e. The highest BCUT2D eigenvalue weighted by atomic mass is 16.4. The molecule has 2 aromatic rings. The van der Waals surface area contributed by atoms with E-state index >= 15 is 0 Å². The average Bonchev–Trinajstić information content (AvgIpc) is 2.79. The van der Waals surface area contributed by atoms with Crippen molar-refractivity contribution in [2.45, 2.75) is 30.5 Å². The van der Waals surface area contributed by atoms with Crippen LogP contribution in [-0.4, -0.2) is 10.2 Å². The molecule has 2 aromatic carbocycles. The van der Waals surface area contributed by atoms with E-state index in [0.717, 1.165) is 17.5 Å². The molecule has 0 unspecified atom stereocenters. The molecule has 0 aliphatic heterocycles. The van der Waals surface area contributed by atoms with E-state index in [1.807, 2.05) is 60.7 Å². The van der Waals surface area contributed by atoms with E-state index in [1.165, 1.54) is 0 Å². The average molecular weight is 254 g/mol. The zero-order valence-corrected chi connectivity index (χ0v) is 10.8. The van der Waals surface area contributed by atoms with Crippen molar-refractivity contribution in [1.29, 1.82) is 0 Å². The minimum atomic E-state index is -1.20. The maximum absolute atomic E-state index is 11.1. The van der Waals surface area contributed by atoms with Crippen molar-refractivity contribution in [2.75, 3.05) is 0 Å². The number of hydrogen-bond acceptors (Lipinski definition) is 2. The zero-order valence-electron chi connectivity index (χ0n) is 10.8. The van der Waals surface area contributed by atoms with Gasteiger partial charge in [-0.25, -0.2) is 0 Å². The van der Waals surface area contributed by atoms with Gasteiger partial charge in [0.1, 0.15) is 11.2 Å². The molecule has 0 heterocycles. The molecule has 0 saturated heterocycles. The molecule has 2 N–H and O–H groups in total. The monoisotopic (exact) mass is 254 g/mol. The van der Waals surface area contributed by atoms with Gasteiger partial charge in [-0.3, -0.25) is 0 Å². The predicted octanol–water partition coefficient (Wildman–Crippen LogP) is 2.95. The Morgan fingerprint density at radius 2 is 1.00 bits per heavy atom. The number of rotatable bonds is 2. The molecular weight excluding hydrogens is 236 g/mol. The Morgan fingerprint density at radius 1 is 0.632 bits per heavy atom. The van der Waals surface area contributed by atoms with E-state index in [0.29, 0.717) is 12.8 Å². The second-order valence-corrected chi connectivity index (χ2v) is 5.31. The van der Waals surface area contributed by atoms with Crippen LogP contribution in [0.2, 0.25) is 0 Å². The molecule has 0 radical (unpaired) electrons. The van der Waals surface area contributed by atoms with Crippen molar-refractivity contribution in [3.8, 4) is 0 Å². The van der Waals surface area contributed by atoms with E-state index < -0.39 is 11.2 Å². The highest BCUT2D eigenvalue weighted by molar-refractivity contribution is 5.35. The van der Waals surface area contributed by atoms with Crippen LogP contribution in [0.5, 0.6) is 0 Å². The summed E-state index contributed by atoms with van der Waals surface area (Å²) >= 11 is 0. The zero-order chi connectivity index (χ0) is 13.3. The largest absolute Gasteiger partial charge is 0.382 e. The summed E-state index contributed by atoms with van der Waals surface area (Å²) in [5.74, 6) is 0. The summed E-state index contributed by atoms with van der Waals surface area (Å²) in [4.78, 5) is 0. The lowest BCUT2D eigenvalue weighted by Gasteiger charge is -2.39. The molecular formula is C17H18O2. The van der Waals surface area contributed by atoms with E-state index in [4.69, 9.17) is 0 Å². The van der Waals surface area contributed by atoms with Gasteiger partial charge in [0.15, 0.2) is 0 Å². The Labute approximate surface area is 113 Å². The first-order valence-corrected chi connectivity index (χ1v) is 6.73. The van der Waals surface area contributed by atoms with E-state index in [-0.39, 0.29) is 0 Å². The molecule has 1 aliphatic rings. The topological polar surface area (TPSA) is 40.5 Å². The van der Waals surface area contributed by atoms with Crippen molar-refractivity contribution in [3.05, 3.63) is 71.8 Å². The molecule has 3 rings (SSSR count). The van der Waals surface area contributed by atoms with Crippen LogP contribution in [0.3, 0.4) is 0 Å². The minimum Gasteiger partial charge on any atom is -0.382 e. The third kappa shape index (κ3) is 1.79. The molecule has 0 amide bonds. The number of aliphatic hydroxyl groups is 2. The number of hydrogen-bond donors (Lipinski definition) is 2. The lowest BCUT2D eigenvalue weighted by Crippen LogP contribution is -2.45. The van der Waals surface area contributed by atoms with Crippen molar-refractivity contribution in [3.63, 3.8) is 0 Å². The summed E-state index contributed by atoms with van der Waals surface area (Å²) in [6.45, 7) is 0. The van der Waals surface area contributed by atoms with Crippen LogP contribution in [0.4, 0.5) is 0 Å². The third-order valence-electron chi connectivity index (χ3n) is 4.26. The van der Waals surface area contributed by atoms with Crippen molar-refractivity contribution in [2.24, 2.45) is 0 Å². The maximum atomic E-state index is 11.1. The fourth-order valence-electron chi connectivity index (χ4n) is 3.21. The van der Waals surface area contributed by atoms with Gasteiger partial charge in [0.05, 0.1) is 0 Å². The molecule has 1 aliphatic carbocycles. The van der Waals surface area contributed by atoms with E-state index in [1.54, 1.807) is 0 Å². The third-order valence-corrected chi connectivity index (χ3v) is 4.26. The summed E-state index contributed by atoms with van der Waals surface area (Å²) in [7, 11) is 0. The molecule has 0 aromatic heterocycles. The second kappa shape index (κ2) is 4.48. The molecule has 2 heteroatoms. The molecule has 98 valence electrons. The molecule has 1 saturated carbocycles. The summed E-state index contributed by atoms with van der Waals surface area (Å²) in [5, 5.41) is 22.2. The molecule has 2 atom stereocenters. The fourth-order valence-corrected chi connectivity index (χ4v) is 3.21. The van der Waals surface area contributed by atoms with Gasteiger partial charge >= 0.3 is 0 Å². The maximum Gasteiger partial charge on any atom is 0.122 e. The van der Waals surface area contributed by atoms with Gasteiger partial charge in [-0.15, -0.1) is 0 Å². The molecule has 0 spiro atoms. The van der Waals surface area contributed by atoms with Gasteiger partial charge in [-0.05, 0) is 30.4 Å². The van der Waals surface area contributed by atoms with Gasteiger partial charge in [0.2, 0.25) is 0 Å². The highest BCUT2D eigenvalue weighted by Gasteiger charge is 2.54. The first-order valence-electron chi connectivity index (χ1n) is 6.73. The van der Waals surface area contributed by atoms with Gasteiger partial charge in [-0.2, -0.15) is 0 Å². The molecule has 2 nitrogen and oxygen atoms in total. The first-order chi connectivity index (χ1) is 9.17. The standard InChI is InChI=1S/C17H18O2/c18-16(14-8-3-1-4-9-14)12-7-13-17(16,19)15-10-5-2-6-11-15/h1-6,8-11,18-19H,7,12-13H2/t16-,17+. The Morgan fingerprint density at radius 3 is 1.37 bits per heavy atom. The quantitative estimate of drug-likeness (QED) is 0.865. The SMILES string of the molecule is O[C@@]1(c2ccccc2)CCC[C@]1(O)c1ccccc1. The van der Waals surface area contributed by atoms with E-state index in [9.17, 15) is 10.2 Å². The summed E-state index contributed by atoms with van der Waals surface area (Å²) < 4.78 is 0. The van der Waals surface area contributed by atoms with Gasteiger partial charge in [0.25, 0.3) is 0 Å². The summed E-state index contributed by atoms with van der Waals surface area (Å²) in [6.07, 6.45) is 1.99. The van der Waals surface area contributed by atoms with Crippen LogP contribution >= 0.6 is 0 Å². The molecule has 1 fully saturated rings. The fraction of sp³-hybridized carbons (Fsp3) is 0.294. The van der Waals surface area contributed by atoms with Gasteiger partial charge < -0.3 is 10.2 Å². The lowest BCUT2D eigenvalue weighted by atomic mass is 9.76. The van der Waals surface area contributed by atoms with E-state index in [2.05, 4.69) is 0 Å². The Balaban J connectivity index is 2.11. The van der Waals surface area contributed by atoms with Crippen molar-refractivity contribution >= 4 is 0 Å². The highest BCUT2D eigenvalue weighted by Crippen LogP contribution is 2.52. The van der Waals surface area contributed by atoms with Crippen molar-refractivity contribution in [1.82, 2.24) is 0 Å². The van der Waals surface area contributed by atoms with Crippen LogP contribution in [0.1, 0.15) is 30.4 Å². The van der Waals surface area contributed by atoms with Crippen molar-refractivity contribution < 1.29 is 10.2 Å². The van der Waals surface area contributed by atoms with Crippen LogP contribution < -0.4 is 0 Å². The van der Waals surface area contributed by atoms with Crippen LogP contribution in [0.15, 0.2) is 60.7 Å². The van der Waals surface area contributed by atoms with Crippen LogP contribution in [-0.2, 0) is 11.2 Å². The first kappa shape index (κ1) is 12.4. The number of benzene rings is 2. The lowest BCUT2D eigenvalue weighted by molar-refractivity contribution is -0.143. The molecule has 0 bridgehead atoms. The van der Waals surface area contributed by atoms with Gasteiger partial charge in [0, 0.05) is 0 Å². The Hall–Kier alpha value is -1.64. The summed E-state index contributed by atoms with van der Waals surface area (Å²) in [5.41, 5.74) is -0.816. The normalized spacial score (nSPS) is 30.4. The van der Waals surface area contributed by atoms with Crippen LogP contribution in [0.25, 0.3) is 0 Å². The minimum absolute atomic E-state index is 0.586. The van der Waals surface area contributed by atoms with Gasteiger partial charge in [-0.1, -0.05) is 60.7 Å². The Kier molecular flexibility index (Phi) is 2.92. The second-order valence-electron chi connectivity index (χ2n) is 5.31. The Bertz CT molecular complexity index is 500.